The lowest BCUT2D eigenvalue weighted by Gasteiger charge is -2.08. The average Bonchev–Trinajstić information content (AvgIpc) is 2.25. The maximum absolute atomic E-state index is 11.4. The highest BCUT2D eigenvalue weighted by Gasteiger charge is 2.07. The van der Waals surface area contributed by atoms with Gasteiger partial charge in [0.2, 0.25) is 5.56 Å². The fourth-order valence-corrected chi connectivity index (χ4v) is 1.03. The minimum absolute atomic E-state index is 0.187. The van der Waals surface area contributed by atoms with E-state index in [1.807, 2.05) is 6.92 Å². The van der Waals surface area contributed by atoms with Gasteiger partial charge in [-0.25, -0.2) is 0 Å². The second-order valence-electron chi connectivity index (χ2n) is 3.20. The molecule has 1 atom stereocenters. The van der Waals surface area contributed by atoms with Crippen LogP contribution in [0.3, 0.4) is 0 Å². The molecule has 0 bridgehead atoms. The van der Waals surface area contributed by atoms with Crippen LogP contribution in [0, 0.1) is 0 Å². The van der Waals surface area contributed by atoms with Gasteiger partial charge in [-0.2, -0.15) is 0 Å². The number of nitrogens with one attached hydrogen (secondary N) is 2. The van der Waals surface area contributed by atoms with Crippen molar-refractivity contribution in [2.45, 2.75) is 19.4 Å². The number of hydrogen-bond donors (Lipinski definition) is 3. The lowest BCUT2D eigenvalue weighted by Crippen LogP contribution is -2.32. The summed E-state index contributed by atoms with van der Waals surface area (Å²) in [5.41, 5.74) is -0.121. The van der Waals surface area contributed by atoms with E-state index in [2.05, 4.69) is 10.3 Å². The van der Waals surface area contributed by atoms with Crippen molar-refractivity contribution in [1.29, 1.82) is 0 Å². The topological polar surface area (TPSA) is 82.2 Å². The molecule has 3 N–H and O–H groups in total. The van der Waals surface area contributed by atoms with Gasteiger partial charge in [-0.05, 0) is 12.5 Å². The number of amides is 1. The largest absolute Gasteiger partial charge is 0.391 e. The molecule has 1 heterocycles. The molecule has 5 nitrogen and oxygen atoms in total. The molecule has 0 saturated carbocycles. The SMILES string of the molecule is CCC(O)CNC(=O)c1cccc(=O)[nH]1. The first-order chi connectivity index (χ1) is 7.13. The standard InChI is InChI=1S/C10H14N2O3/c1-2-7(13)6-11-10(15)8-4-3-5-9(14)12-8/h3-5,7,13H,2,6H2,1H3,(H,11,15)(H,12,14). The van der Waals surface area contributed by atoms with Crippen LogP contribution in [-0.2, 0) is 0 Å². The third-order valence-electron chi connectivity index (χ3n) is 1.98. The quantitative estimate of drug-likeness (QED) is 0.647. The second kappa shape index (κ2) is 5.31. The Hall–Kier alpha value is -1.62. The van der Waals surface area contributed by atoms with E-state index in [-0.39, 0.29) is 23.7 Å². The summed E-state index contributed by atoms with van der Waals surface area (Å²) in [6, 6.07) is 4.34. The van der Waals surface area contributed by atoms with Crippen LogP contribution in [0.4, 0.5) is 0 Å². The molecule has 0 saturated heterocycles. The van der Waals surface area contributed by atoms with Crippen LogP contribution in [0.2, 0.25) is 0 Å². The zero-order chi connectivity index (χ0) is 11.3. The van der Waals surface area contributed by atoms with Gasteiger partial charge in [-0.1, -0.05) is 13.0 Å². The molecular weight excluding hydrogens is 196 g/mol. The molecule has 0 aliphatic carbocycles. The monoisotopic (exact) mass is 210 g/mol. The van der Waals surface area contributed by atoms with E-state index in [1.54, 1.807) is 0 Å². The van der Waals surface area contributed by atoms with Crippen molar-refractivity contribution >= 4 is 5.91 Å². The van der Waals surface area contributed by atoms with Crippen LogP contribution in [0.5, 0.6) is 0 Å². The summed E-state index contributed by atoms with van der Waals surface area (Å²) in [6.07, 6.45) is 0.0235. The molecule has 0 spiro atoms. The van der Waals surface area contributed by atoms with Crippen LogP contribution < -0.4 is 10.9 Å². The van der Waals surface area contributed by atoms with Gasteiger partial charge in [0.05, 0.1) is 6.10 Å². The first-order valence-electron chi connectivity index (χ1n) is 4.79. The summed E-state index contributed by atoms with van der Waals surface area (Å²) in [5.74, 6) is -0.389. The molecule has 1 amide bonds. The lowest BCUT2D eigenvalue weighted by atomic mass is 10.2. The molecule has 82 valence electrons. The molecule has 1 aromatic heterocycles. The number of aromatic amines is 1. The Labute approximate surface area is 87.1 Å². The summed E-state index contributed by atoms with van der Waals surface area (Å²) in [4.78, 5) is 24.7. The third kappa shape index (κ3) is 3.55. The number of aliphatic hydroxyl groups is 1. The van der Waals surface area contributed by atoms with Crippen LogP contribution in [0.15, 0.2) is 23.0 Å². The molecule has 5 heteroatoms. The number of carbonyl (C=O) groups is 1. The number of carbonyl (C=O) groups excluding carboxylic acids is 1. The van der Waals surface area contributed by atoms with Crippen molar-refractivity contribution in [3.63, 3.8) is 0 Å². The van der Waals surface area contributed by atoms with E-state index in [0.717, 1.165) is 0 Å². The Morgan fingerprint density at radius 1 is 1.60 bits per heavy atom. The Balaban J connectivity index is 2.58. The maximum Gasteiger partial charge on any atom is 0.267 e. The minimum Gasteiger partial charge on any atom is -0.391 e. The van der Waals surface area contributed by atoms with Gasteiger partial charge in [0.25, 0.3) is 5.91 Å². The van der Waals surface area contributed by atoms with Crippen LogP contribution >= 0.6 is 0 Å². The summed E-state index contributed by atoms with van der Waals surface area (Å²) in [7, 11) is 0. The smallest absolute Gasteiger partial charge is 0.267 e. The molecule has 0 aliphatic rings. The number of rotatable bonds is 4. The van der Waals surface area contributed by atoms with Gasteiger partial charge in [0, 0.05) is 12.6 Å². The zero-order valence-electron chi connectivity index (χ0n) is 8.49. The van der Waals surface area contributed by atoms with Crippen molar-refractivity contribution in [1.82, 2.24) is 10.3 Å². The van der Waals surface area contributed by atoms with Gasteiger partial charge >= 0.3 is 0 Å². The van der Waals surface area contributed by atoms with Crippen molar-refractivity contribution < 1.29 is 9.90 Å². The van der Waals surface area contributed by atoms with Crippen molar-refractivity contribution in [2.24, 2.45) is 0 Å². The highest BCUT2D eigenvalue weighted by molar-refractivity contribution is 5.92. The highest BCUT2D eigenvalue weighted by Crippen LogP contribution is 1.91. The lowest BCUT2D eigenvalue weighted by molar-refractivity contribution is 0.0908. The molecular formula is C10H14N2O3. The number of hydrogen-bond acceptors (Lipinski definition) is 3. The Bertz CT molecular complexity index is 386. The Morgan fingerprint density at radius 3 is 2.93 bits per heavy atom. The van der Waals surface area contributed by atoms with Gasteiger partial charge in [0.1, 0.15) is 5.69 Å². The molecule has 0 aromatic carbocycles. The average molecular weight is 210 g/mol. The van der Waals surface area contributed by atoms with E-state index in [0.29, 0.717) is 6.42 Å². The van der Waals surface area contributed by atoms with Gasteiger partial charge in [-0.3, -0.25) is 9.59 Å². The number of aromatic nitrogens is 1. The van der Waals surface area contributed by atoms with E-state index in [9.17, 15) is 14.7 Å². The summed E-state index contributed by atoms with van der Waals surface area (Å²) < 4.78 is 0. The molecule has 0 aliphatic heterocycles. The summed E-state index contributed by atoms with van der Waals surface area (Å²) in [5, 5.41) is 11.7. The third-order valence-corrected chi connectivity index (χ3v) is 1.98. The van der Waals surface area contributed by atoms with E-state index in [4.69, 9.17) is 0 Å². The van der Waals surface area contributed by atoms with Crippen LogP contribution in [-0.4, -0.2) is 28.6 Å². The van der Waals surface area contributed by atoms with Crippen molar-refractivity contribution in [2.75, 3.05) is 6.54 Å². The normalized spacial score (nSPS) is 12.1. The molecule has 0 radical (unpaired) electrons. The van der Waals surface area contributed by atoms with Gasteiger partial charge in [0.15, 0.2) is 0 Å². The molecule has 1 aromatic rings. The summed E-state index contributed by atoms with van der Waals surface area (Å²) in [6.45, 7) is 2.01. The second-order valence-corrected chi connectivity index (χ2v) is 3.20. The zero-order valence-corrected chi connectivity index (χ0v) is 8.49. The molecule has 15 heavy (non-hydrogen) atoms. The maximum atomic E-state index is 11.4. The van der Waals surface area contributed by atoms with Crippen LogP contribution in [0.1, 0.15) is 23.8 Å². The Morgan fingerprint density at radius 2 is 2.33 bits per heavy atom. The highest BCUT2D eigenvalue weighted by atomic mass is 16.3. The van der Waals surface area contributed by atoms with E-state index in [1.165, 1.54) is 18.2 Å². The fourth-order valence-electron chi connectivity index (χ4n) is 1.03. The summed E-state index contributed by atoms with van der Waals surface area (Å²) >= 11 is 0. The van der Waals surface area contributed by atoms with Crippen LogP contribution in [0.25, 0.3) is 0 Å². The fraction of sp³-hybridized carbons (Fsp3) is 0.400. The number of H-pyrrole nitrogens is 1. The first-order valence-corrected chi connectivity index (χ1v) is 4.79. The van der Waals surface area contributed by atoms with Crippen molar-refractivity contribution in [3.05, 3.63) is 34.2 Å². The minimum atomic E-state index is -0.551. The van der Waals surface area contributed by atoms with E-state index >= 15 is 0 Å². The first kappa shape index (κ1) is 11.5. The van der Waals surface area contributed by atoms with Gasteiger partial charge < -0.3 is 15.4 Å². The Kier molecular flexibility index (Phi) is 4.05. The predicted molar refractivity (Wildman–Crippen MR) is 55.7 cm³/mol. The predicted octanol–water partition coefficient (Wildman–Crippen LogP) is -0.124. The van der Waals surface area contributed by atoms with Crippen molar-refractivity contribution in [3.8, 4) is 0 Å². The molecule has 1 rings (SSSR count). The van der Waals surface area contributed by atoms with Gasteiger partial charge in [-0.15, -0.1) is 0 Å². The molecule has 1 unspecified atom stereocenters. The van der Waals surface area contributed by atoms with E-state index < -0.39 is 6.10 Å². The molecule has 0 fully saturated rings. The number of pyridine rings is 1. The number of aliphatic hydroxyl groups excluding tert-OH is 1.